The van der Waals surface area contributed by atoms with Crippen LogP contribution in [0.4, 0.5) is 15.8 Å². The molecule has 24 heavy (non-hydrogen) atoms. The number of ether oxygens (including phenoxy) is 1. The van der Waals surface area contributed by atoms with Crippen molar-refractivity contribution >= 4 is 17.1 Å². The Labute approximate surface area is 134 Å². The molecule has 2 aromatic carbocycles. The summed E-state index contributed by atoms with van der Waals surface area (Å²) in [6, 6.07) is 9.35. The van der Waals surface area contributed by atoms with Gasteiger partial charge in [0.2, 0.25) is 5.75 Å². The Kier molecular flexibility index (Phi) is 4.81. The molecular formula is C15H8FN3O5. The molecule has 0 spiro atoms. The number of halogens is 1. The number of nitro benzene ring substituents is 2. The van der Waals surface area contributed by atoms with Gasteiger partial charge in [-0.2, -0.15) is 5.26 Å². The first-order valence-corrected chi connectivity index (χ1v) is 6.39. The Balaban J connectivity index is 2.42. The first kappa shape index (κ1) is 16.6. The maximum absolute atomic E-state index is 13.3. The summed E-state index contributed by atoms with van der Waals surface area (Å²) in [5.41, 5.74) is -0.394. The third kappa shape index (κ3) is 3.69. The molecule has 2 rings (SSSR count). The minimum Gasteiger partial charge on any atom is -0.449 e. The van der Waals surface area contributed by atoms with Crippen molar-refractivity contribution in [3.05, 3.63) is 80.1 Å². The van der Waals surface area contributed by atoms with Crippen LogP contribution in [0.1, 0.15) is 5.56 Å². The molecule has 0 fully saturated rings. The number of nitriles is 1. The Morgan fingerprint density at radius 3 is 2.33 bits per heavy atom. The lowest BCUT2D eigenvalue weighted by atomic mass is 10.1. The molecule has 0 amide bonds. The minimum absolute atomic E-state index is 0.110. The van der Waals surface area contributed by atoms with Crippen LogP contribution in [0.2, 0.25) is 0 Å². The number of benzene rings is 2. The van der Waals surface area contributed by atoms with Crippen LogP contribution < -0.4 is 4.74 Å². The summed E-state index contributed by atoms with van der Waals surface area (Å²) in [7, 11) is 0. The zero-order chi connectivity index (χ0) is 17.7. The van der Waals surface area contributed by atoms with Crippen LogP contribution in [-0.2, 0) is 0 Å². The van der Waals surface area contributed by atoms with Gasteiger partial charge in [0.1, 0.15) is 11.6 Å². The van der Waals surface area contributed by atoms with Gasteiger partial charge in [0.25, 0.3) is 5.69 Å². The van der Waals surface area contributed by atoms with Gasteiger partial charge < -0.3 is 4.74 Å². The van der Waals surface area contributed by atoms with Crippen LogP contribution in [0.3, 0.4) is 0 Å². The third-order valence-corrected chi connectivity index (χ3v) is 2.90. The summed E-state index contributed by atoms with van der Waals surface area (Å²) in [5, 5.41) is 30.4. The molecule has 0 aliphatic rings. The number of allylic oxidation sites excluding steroid dienone is 1. The van der Waals surface area contributed by atoms with Gasteiger partial charge in [0.05, 0.1) is 22.0 Å². The highest BCUT2D eigenvalue weighted by molar-refractivity contribution is 5.66. The molecule has 0 atom stereocenters. The monoisotopic (exact) mass is 329 g/mol. The predicted octanol–water partition coefficient (Wildman–Crippen LogP) is 3.59. The van der Waals surface area contributed by atoms with E-state index in [0.29, 0.717) is 0 Å². The summed E-state index contributed by atoms with van der Waals surface area (Å²) < 4.78 is 18.6. The number of hydrogen-bond donors (Lipinski definition) is 0. The number of nitro groups is 2. The maximum Gasteiger partial charge on any atom is 0.311 e. The fourth-order valence-corrected chi connectivity index (χ4v) is 1.82. The van der Waals surface area contributed by atoms with E-state index >= 15 is 0 Å². The zero-order valence-electron chi connectivity index (χ0n) is 11.9. The van der Waals surface area contributed by atoms with Crippen molar-refractivity contribution in [3.8, 4) is 11.8 Å². The molecule has 0 aliphatic carbocycles. The lowest BCUT2D eigenvalue weighted by molar-refractivity contribution is -0.385. The lowest BCUT2D eigenvalue weighted by Gasteiger charge is -2.09. The van der Waals surface area contributed by atoms with E-state index in [4.69, 9.17) is 10.00 Å². The standard InChI is InChI=1S/C15H8FN3O5/c16-11-3-6-13(19(22)23)15(9-11)24-14(7-8-17)10-1-4-12(5-2-10)18(20)21/h1-7,9H/b14-7+. The first-order chi connectivity index (χ1) is 11.4. The molecular weight excluding hydrogens is 321 g/mol. The highest BCUT2D eigenvalue weighted by Gasteiger charge is 2.18. The molecule has 0 bridgehead atoms. The average Bonchev–Trinajstić information content (AvgIpc) is 2.54. The Bertz CT molecular complexity index is 872. The topological polar surface area (TPSA) is 119 Å². The van der Waals surface area contributed by atoms with Crippen LogP contribution in [-0.4, -0.2) is 9.85 Å². The SMILES string of the molecule is N#C/C=C(/Oc1cc(F)ccc1[N+](=O)[O-])c1ccc([N+](=O)[O-])cc1. The largest absolute Gasteiger partial charge is 0.449 e. The summed E-state index contributed by atoms with van der Waals surface area (Å²) in [6.45, 7) is 0. The van der Waals surface area contributed by atoms with Crippen molar-refractivity contribution in [1.82, 2.24) is 0 Å². The van der Waals surface area contributed by atoms with Gasteiger partial charge in [-0.1, -0.05) is 0 Å². The van der Waals surface area contributed by atoms with Crippen LogP contribution in [0.25, 0.3) is 5.76 Å². The summed E-state index contributed by atoms with van der Waals surface area (Å²) >= 11 is 0. The smallest absolute Gasteiger partial charge is 0.311 e. The minimum atomic E-state index is -0.755. The van der Waals surface area contributed by atoms with Gasteiger partial charge in [0.15, 0.2) is 0 Å². The molecule has 2 aromatic rings. The maximum atomic E-state index is 13.3. The van der Waals surface area contributed by atoms with Crippen molar-refractivity contribution in [2.45, 2.75) is 0 Å². The van der Waals surface area contributed by atoms with Gasteiger partial charge in [-0.15, -0.1) is 0 Å². The summed E-state index contributed by atoms with van der Waals surface area (Å²) in [4.78, 5) is 20.3. The highest BCUT2D eigenvalue weighted by Crippen LogP contribution is 2.31. The van der Waals surface area contributed by atoms with E-state index in [1.807, 2.05) is 0 Å². The second-order valence-corrected chi connectivity index (χ2v) is 4.41. The molecule has 0 saturated heterocycles. The van der Waals surface area contributed by atoms with Crippen molar-refractivity contribution in [2.75, 3.05) is 0 Å². The van der Waals surface area contributed by atoms with E-state index in [1.165, 1.54) is 24.3 Å². The zero-order valence-corrected chi connectivity index (χ0v) is 11.9. The molecule has 0 radical (unpaired) electrons. The quantitative estimate of drug-likeness (QED) is 0.358. The van der Waals surface area contributed by atoms with E-state index < -0.39 is 21.4 Å². The highest BCUT2D eigenvalue weighted by atomic mass is 19.1. The van der Waals surface area contributed by atoms with Gasteiger partial charge in [-0.05, 0) is 18.2 Å². The number of hydrogen-bond acceptors (Lipinski definition) is 6. The van der Waals surface area contributed by atoms with Crippen molar-refractivity contribution in [1.29, 1.82) is 5.26 Å². The van der Waals surface area contributed by atoms with Crippen molar-refractivity contribution in [2.24, 2.45) is 0 Å². The van der Waals surface area contributed by atoms with Crippen molar-refractivity contribution in [3.63, 3.8) is 0 Å². The van der Waals surface area contributed by atoms with E-state index in [2.05, 4.69) is 0 Å². The lowest BCUT2D eigenvalue weighted by Crippen LogP contribution is -2.00. The number of rotatable bonds is 5. The van der Waals surface area contributed by atoms with E-state index in [9.17, 15) is 24.6 Å². The molecule has 120 valence electrons. The Morgan fingerprint density at radius 2 is 1.79 bits per heavy atom. The Hall–Kier alpha value is -3.80. The summed E-state index contributed by atoms with van der Waals surface area (Å²) in [5.74, 6) is -1.25. The molecule has 0 N–H and O–H groups in total. The van der Waals surface area contributed by atoms with Crippen LogP contribution >= 0.6 is 0 Å². The molecule has 8 nitrogen and oxygen atoms in total. The van der Waals surface area contributed by atoms with Crippen LogP contribution in [0.5, 0.6) is 5.75 Å². The fourth-order valence-electron chi connectivity index (χ4n) is 1.82. The predicted molar refractivity (Wildman–Crippen MR) is 80.4 cm³/mol. The van der Waals surface area contributed by atoms with E-state index in [-0.39, 0.29) is 22.8 Å². The third-order valence-electron chi connectivity index (χ3n) is 2.90. The summed E-state index contributed by atoms with van der Waals surface area (Å²) in [6.07, 6.45) is 0.954. The second-order valence-electron chi connectivity index (χ2n) is 4.41. The van der Waals surface area contributed by atoms with Gasteiger partial charge >= 0.3 is 5.69 Å². The number of nitrogens with zero attached hydrogens (tertiary/aromatic N) is 3. The molecule has 0 unspecified atom stereocenters. The molecule has 0 saturated carbocycles. The van der Waals surface area contributed by atoms with Crippen LogP contribution in [0, 0.1) is 37.4 Å². The molecule has 9 heteroatoms. The average molecular weight is 329 g/mol. The fraction of sp³-hybridized carbons (Fsp3) is 0. The van der Waals surface area contributed by atoms with Crippen LogP contribution in [0.15, 0.2) is 48.5 Å². The second kappa shape index (κ2) is 6.97. The molecule has 0 heterocycles. The molecule has 0 aromatic heterocycles. The van der Waals surface area contributed by atoms with Gasteiger partial charge in [-0.3, -0.25) is 20.2 Å². The molecule has 0 aliphatic heterocycles. The van der Waals surface area contributed by atoms with E-state index in [0.717, 1.165) is 24.3 Å². The first-order valence-electron chi connectivity index (χ1n) is 6.39. The normalized spacial score (nSPS) is 10.8. The van der Waals surface area contributed by atoms with Gasteiger partial charge in [0, 0.05) is 29.8 Å². The van der Waals surface area contributed by atoms with E-state index in [1.54, 1.807) is 6.07 Å². The number of non-ortho nitro benzene ring substituents is 1. The Morgan fingerprint density at radius 1 is 1.12 bits per heavy atom. The van der Waals surface area contributed by atoms with Gasteiger partial charge in [-0.25, -0.2) is 4.39 Å². The van der Waals surface area contributed by atoms with Crippen molar-refractivity contribution < 1.29 is 19.0 Å².